The van der Waals surface area contributed by atoms with E-state index in [-0.39, 0.29) is 36.9 Å². The van der Waals surface area contributed by atoms with E-state index in [2.05, 4.69) is 44.3 Å². The minimum absolute atomic E-state index is 0.0289. The van der Waals surface area contributed by atoms with E-state index in [1.165, 1.54) is 56.9 Å². The van der Waals surface area contributed by atoms with Crippen molar-refractivity contribution in [1.29, 1.82) is 0 Å². The summed E-state index contributed by atoms with van der Waals surface area (Å²) >= 11 is 0. The molecule has 0 aliphatic heterocycles. The predicted octanol–water partition coefficient (Wildman–Crippen LogP) is 5.10. The van der Waals surface area contributed by atoms with Gasteiger partial charge >= 0.3 is 5.97 Å². The molecule has 0 amide bonds. The van der Waals surface area contributed by atoms with Crippen molar-refractivity contribution in [2.24, 2.45) is 5.92 Å². The van der Waals surface area contributed by atoms with E-state index in [0.29, 0.717) is 18.8 Å². The van der Waals surface area contributed by atoms with Gasteiger partial charge < -0.3 is 19.7 Å². The van der Waals surface area contributed by atoms with Gasteiger partial charge in [0.2, 0.25) is 0 Å². The van der Waals surface area contributed by atoms with Crippen molar-refractivity contribution < 1.29 is 29.3 Å². The molecule has 1 aliphatic rings. The van der Waals surface area contributed by atoms with Gasteiger partial charge in [0, 0.05) is 18.6 Å². The second-order valence-corrected chi connectivity index (χ2v) is 9.33. The van der Waals surface area contributed by atoms with Gasteiger partial charge in [-0.1, -0.05) is 70.0 Å². The highest BCUT2D eigenvalue weighted by atomic mass is 16.5. The maximum Gasteiger partial charge on any atom is 0.335 e. The Kier molecular flexibility index (Phi) is 15.9. The van der Waals surface area contributed by atoms with Crippen LogP contribution in [0.5, 0.6) is 0 Å². The average molecular weight is 489 g/mol. The first kappa shape index (κ1) is 30.8. The second-order valence-electron chi connectivity index (χ2n) is 9.33. The lowest BCUT2D eigenvalue weighted by molar-refractivity contribution is -0.140. The van der Waals surface area contributed by atoms with E-state index in [1.54, 1.807) is 7.11 Å². The number of esters is 1. The van der Waals surface area contributed by atoms with Gasteiger partial charge in [0.25, 0.3) is 0 Å². The van der Waals surface area contributed by atoms with E-state index in [4.69, 9.17) is 19.7 Å². The third-order valence-corrected chi connectivity index (χ3v) is 6.57. The molecular weight excluding hydrogens is 444 g/mol. The first-order chi connectivity index (χ1) is 16.9. The van der Waals surface area contributed by atoms with Crippen molar-refractivity contribution in [3.8, 4) is 0 Å². The van der Waals surface area contributed by atoms with Gasteiger partial charge in [0.1, 0.15) is 12.9 Å². The number of aliphatic hydroxyl groups is 2. The summed E-state index contributed by atoms with van der Waals surface area (Å²) in [5, 5.41) is 17.0. The van der Waals surface area contributed by atoms with Crippen LogP contribution < -0.4 is 0 Å². The molecule has 0 saturated heterocycles. The topological polar surface area (TPSA) is 93.1 Å². The molecule has 1 aromatic rings. The van der Waals surface area contributed by atoms with Crippen LogP contribution in [0.2, 0.25) is 0 Å². The quantitative estimate of drug-likeness (QED) is 0.164. The Morgan fingerprint density at radius 1 is 1.06 bits per heavy atom. The fourth-order valence-corrected chi connectivity index (χ4v) is 4.33. The summed E-state index contributed by atoms with van der Waals surface area (Å²) in [6.45, 7) is 9.02. The number of hydrogen-bond donors (Lipinski definition) is 2. The van der Waals surface area contributed by atoms with E-state index in [9.17, 15) is 9.59 Å². The third-order valence-electron chi connectivity index (χ3n) is 6.57. The monoisotopic (exact) mass is 488 g/mol. The molecule has 2 rings (SSSR count). The van der Waals surface area contributed by atoms with Gasteiger partial charge in [-0.05, 0) is 48.6 Å². The fraction of sp³-hybridized carbons (Fsp3) is 0.586. The highest BCUT2D eigenvalue weighted by Gasteiger charge is 2.22. The van der Waals surface area contributed by atoms with Gasteiger partial charge in [-0.25, -0.2) is 4.79 Å². The lowest BCUT2D eigenvalue weighted by Crippen LogP contribution is -2.19. The Hall–Kier alpha value is -2.28. The standard InChI is InChI=1S/C25H38O4.C4H6O2/c1-4-5-6-7-20-8-10-21(11-9-20)22-12-14-23(15-13-22)24(17-28-3)18-29-25(27)19(2)16-26;1-4(2-5)3-6/h12-15,20-21,24,26H,2,4-11,16-18H2,1,3H3;2,6H,1,3H2. The number of methoxy groups -OCH3 is 1. The van der Waals surface area contributed by atoms with E-state index in [1.807, 2.05) is 0 Å². The Balaban J connectivity index is 0.000000905. The van der Waals surface area contributed by atoms with Gasteiger partial charge in [0.15, 0.2) is 0 Å². The minimum Gasteiger partial charge on any atom is -0.462 e. The lowest BCUT2D eigenvalue weighted by atomic mass is 9.77. The molecule has 0 aromatic heterocycles. The third kappa shape index (κ3) is 11.8. The molecule has 1 unspecified atom stereocenters. The molecule has 0 heterocycles. The van der Waals surface area contributed by atoms with Crippen LogP contribution in [0.15, 0.2) is 48.6 Å². The Labute approximate surface area is 211 Å². The zero-order chi connectivity index (χ0) is 26.1. The summed E-state index contributed by atoms with van der Waals surface area (Å²) in [6.07, 6.45) is 11.3. The molecular formula is C29H44O6. The number of unbranched alkanes of at least 4 members (excludes halogenated alkanes) is 2. The maximum atomic E-state index is 11.8. The van der Waals surface area contributed by atoms with Crippen molar-refractivity contribution in [3.63, 3.8) is 0 Å². The molecule has 1 atom stereocenters. The van der Waals surface area contributed by atoms with Gasteiger partial charge in [-0.2, -0.15) is 0 Å². The number of benzene rings is 1. The number of carbonyl (C=O) groups is 2. The van der Waals surface area contributed by atoms with Crippen LogP contribution in [-0.4, -0.2) is 56.0 Å². The van der Waals surface area contributed by atoms with Crippen molar-refractivity contribution in [3.05, 3.63) is 59.7 Å². The van der Waals surface area contributed by atoms with Crippen LogP contribution in [0, 0.1) is 5.92 Å². The molecule has 35 heavy (non-hydrogen) atoms. The molecule has 6 heteroatoms. The smallest absolute Gasteiger partial charge is 0.335 e. The minimum atomic E-state index is -0.555. The number of ether oxygens (including phenoxy) is 2. The van der Waals surface area contributed by atoms with Gasteiger partial charge in [0.05, 0.1) is 25.4 Å². The molecule has 196 valence electrons. The lowest BCUT2D eigenvalue weighted by Gasteiger charge is -2.29. The van der Waals surface area contributed by atoms with Crippen molar-refractivity contribution in [1.82, 2.24) is 0 Å². The van der Waals surface area contributed by atoms with Crippen LogP contribution in [0.3, 0.4) is 0 Å². The SMILES string of the molecule is C=C(C=O)CO.C=C(CO)C(=O)OCC(COC)c1ccc(C2CCC(CCCCC)CC2)cc1. The molecule has 6 nitrogen and oxygen atoms in total. The molecule has 1 saturated carbocycles. The number of aliphatic hydroxyl groups excluding tert-OH is 2. The highest BCUT2D eigenvalue weighted by Crippen LogP contribution is 2.38. The molecule has 1 aliphatic carbocycles. The summed E-state index contributed by atoms with van der Waals surface area (Å²) in [5.74, 6) is 1.00. The van der Waals surface area contributed by atoms with Crippen LogP contribution in [0.4, 0.5) is 0 Å². The molecule has 1 fully saturated rings. The number of aldehydes is 1. The largest absolute Gasteiger partial charge is 0.462 e. The fourth-order valence-electron chi connectivity index (χ4n) is 4.33. The van der Waals surface area contributed by atoms with Crippen LogP contribution in [-0.2, 0) is 19.1 Å². The van der Waals surface area contributed by atoms with Crippen molar-refractivity contribution in [2.45, 2.75) is 70.1 Å². The zero-order valence-electron chi connectivity index (χ0n) is 21.5. The zero-order valence-corrected chi connectivity index (χ0v) is 21.5. The van der Waals surface area contributed by atoms with E-state index in [0.717, 1.165) is 11.5 Å². The van der Waals surface area contributed by atoms with Crippen LogP contribution >= 0.6 is 0 Å². The van der Waals surface area contributed by atoms with E-state index < -0.39 is 5.97 Å². The van der Waals surface area contributed by atoms with Crippen LogP contribution in [0.25, 0.3) is 0 Å². The number of hydrogen-bond acceptors (Lipinski definition) is 6. The Morgan fingerprint density at radius 2 is 1.71 bits per heavy atom. The summed E-state index contributed by atoms with van der Waals surface area (Å²) in [6, 6.07) is 8.74. The van der Waals surface area contributed by atoms with Crippen molar-refractivity contribution in [2.75, 3.05) is 33.5 Å². The van der Waals surface area contributed by atoms with Gasteiger partial charge in [-0.3, -0.25) is 4.79 Å². The molecule has 2 N–H and O–H groups in total. The molecule has 0 spiro atoms. The normalized spacial score (nSPS) is 18.1. The predicted molar refractivity (Wildman–Crippen MR) is 139 cm³/mol. The van der Waals surface area contributed by atoms with Gasteiger partial charge in [-0.15, -0.1) is 0 Å². The molecule has 0 bridgehead atoms. The molecule has 1 aromatic carbocycles. The summed E-state index contributed by atoms with van der Waals surface area (Å²) < 4.78 is 10.6. The van der Waals surface area contributed by atoms with Crippen LogP contribution in [0.1, 0.15) is 81.3 Å². The Bertz CT molecular complexity index is 762. The second kappa shape index (κ2) is 18.1. The van der Waals surface area contributed by atoms with E-state index >= 15 is 0 Å². The highest BCUT2D eigenvalue weighted by molar-refractivity contribution is 5.87. The average Bonchev–Trinajstić information content (AvgIpc) is 2.91. The number of carbonyl (C=O) groups excluding carboxylic acids is 2. The summed E-state index contributed by atoms with van der Waals surface area (Å²) in [5.41, 5.74) is 2.81. The summed E-state index contributed by atoms with van der Waals surface area (Å²) in [7, 11) is 1.65. The first-order valence-electron chi connectivity index (χ1n) is 12.7. The molecule has 0 radical (unpaired) electrons. The number of rotatable bonds is 14. The first-order valence-corrected chi connectivity index (χ1v) is 12.7. The van der Waals surface area contributed by atoms with Crippen molar-refractivity contribution >= 4 is 12.3 Å². The Morgan fingerprint density at radius 3 is 2.20 bits per heavy atom. The maximum absolute atomic E-state index is 11.8. The summed E-state index contributed by atoms with van der Waals surface area (Å²) in [4.78, 5) is 21.2.